The Hall–Kier alpha value is -0.790. The topological polar surface area (TPSA) is 12.0 Å². The van der Waals surface area contributed by atoms with E-state index >= 15 is 0 Å². The average molecular weight is 394 g/mol. The molecule has 0 aliphatic rings. The molecule has 1 aromatic carbocycles. The van der Waals surface area contributed by atoms with Gasteiger partial charge in [-0.3, -0.25) is 0 Å². The molecule has 0 aromatic heterocycles. The van der Waals surface area contributed by atoms with Crippen LogP contribution in [-0.2, 0) is 6.54 Å². The molecule has 156 valence electrons. The van der Waals surface area contributed by atoms with E-state index in [1.807, 2.05) is 6.08 Å². The molecule has 0 amide bonds. The first kappa shape index (κ1) is 26.2. The van der Waals surface area contributed by atoms with E-state index in [0.29, 0.717) is 0 Å². The van der Waals surface area contributed by atoms with Gasteiger partial charge in [0.2, 0.25) is 0 Å². The van der Waals surface area contributed by atoms with Crippen LogP contribution in [0.5, 0.6) is 0 Å². The number of hydrogen-bond donors (Lipinski definition) is 1. The van der Waals surface area contributed by atoms with Crippen molar-refractivity contribution in [3.63, 3.8) is 0 Å². The van der Waals surface area contributed by atoms with Gasteiger partial charge < -0.3 is 5.32 Å². The molecule has 0 saturated heterocycles. The van der Waals surface area contributed by atoms with Crippen molar-refractivity contribution < 1.29 is 0 Å². The van der Waals surface area contributed by atoms with E-state index in [0.717, 1.165) is 19.0 Å². The zero-order valence-corrected chi connectivity index (χ0v) is 18.8. The van der Waals surface area contributed by atoms with Crippen molar-refractivity contribution in [1.29, 1.82) is 0 Å². The van der Waals surface area contributed by atoms with Gasteiger partial charge in [0.25, 0.3) is 0 Å². The van der Waals surface area contributed by atoms with Crippen molar-refractivity contribution in [3.8, 4) is 0 Å². The Bertz CT molecular complexity index is 438. The van der Waals surface area contributed by atoms with Crippen LogP contribution >= 0.6 is 12.4 Å². The van der Waals surface area contributed by atoms with Gasteiger partial charge in [-0.05, 0) is 30.0 Å². The van der Waals surface area contributed by atoms with Gasteiger partial charge in [0, 0.05) is 6.54 Å². The predicted molar refractivity (Wildman–Crippen MR) is 126 cm³/mol. The standard InChI is InChI=1S/C25H43N.ClH/c1-4-24-17-19-25(20-18-24)22-26-21-15-13-11-9-7-5-6-8-10-12-14-16-23(2)3;/h4,17-20,23,26H,1,5-16,21-22H2,2-3H3;1H. The summed E-state index contributed by atoms with van der Waals surface area (Å²) >= 11 is 0. The summed E-state index contributed by atoms with van der Waals surface area (Å²) in [5.41, 5.74) is 2.56. The van der Waals surface area contributed by atoms with E-state index in [1.165, 1.54) is 88.2 Å². The summed E-state index contributed by atoms with van der Waals surface area (Å²) < 4.78 is 0. The minimum absolute atomic E-state index is 0. The maximum Gasteiger partial charge on any atom is 0.0205 e. The number of nitrogens with one attached hydrogen (secondary N) is 1. The molecule has 0 fully saturated rings. The Morgan fingerprint density at radius 1 is 0.778 bits per heavy atom. The SMILES string of the molecule is C=Cc1ccc(CNCCCCCCCCCCCCCC(C)C)cc1.Cl. The minimum atomic E-state index is 0. The highest BCUT2D eigenvalue weighted by molar-refractivity contribution is 5.85. The molecule has 0 aliphatic heterocycles. The zero-order chi connectivity index (χ0) is 18.9. The molecule has 0 saturated carbocycles. The maximum absolute atomic E-state index is 3.79. The molecule has 0 bridgehead atoms. The Morgan fingerprint density at radius 2 is 1.26 bits per heavy atom. The van der Waals surface area contributed by atoms with Crippen LogP contribution in [0, 0.1) is 5.92 Å². The maximum atomic E-state index is 3.79. The molecule has 1 nitrogen and oxygen atoms in total. The molecule has 1 rings (SSSR count). The normalized spacial score (nSPS) is 10.8. The predicted octanol–water partition coefficient (Wildman–Crippen LogP) is 8.18. The Kier molecular flexibility index (Phi) is 18.0. The van der Waals surface area contributed by atoms with Crippen LogP contribution in [0.15, 0.2) is 30.8 Å². The van der Waals surface area contributed by atoms with E-state index in [4.69, 9.17) is 0 Å². The van der Waals surface area contributed by atoms with Crippen LogP contribution in [0.4, 0.5) is 0 Å². The first-order valence-electron chi connectivity index (χ1n) is 11.1. The summed E-state index contributed by atoms with van der Waals surface area (Å²) in [5.74, 6) is 0.883. The molecule has 0 heterocycles. The van der Waals surface area contributed by atoms with Gasteiger partial charge in [0.15, 0.2) is 0 Å². The van der Waals surface area contributed by atoms with Crippen LogP contribution in [0.2, 0.25) is 0 Å². The number of unbranched alkanes of at least 4 members (excludes halogenated alkanes) is 10. The Morgan fingerprint density at radius 3 is 1.74 bits per heavy atom. The van der Waals surface area contributed by atoms with Gasteiger partial charge >= 0.3 is 0 Å². The van der Waals surface area contributed by atoms with E-state index in [9.17, 15) is 0 Å². The minimum Gasteiger partial charge on any atom is -0.313 e. The van der Waals surface area contributed by atoms with Gasteiger partial charge in [-0.2, -0.15) is 0 Å². The molecule has 1 N–H and O–H groups in total. The number of halogens is 1. The lowest BCUT2D eigenvalue weighted by Crippen LogP contribution is -2.14. The van der Waals surface area contributed by atoms with Crippen LogP contribution in [0.1, 0.15) is 102 Å². The van der Waals surface area contributed by atoms with E-state index in [1.54, 1.807) is 0 Å². The van der Waals surface area contributed by atoms with Crippen LogP contribution in [-0.4, -0.2) is 6.54 Å². The third kappa shape index (κ3) is 15.9. The van der Waals surface area contributed by atoms with Crippen molar-refractivity contribution >= 4 is 18.5 Å². The molecule has 0 spiro atoms. The number of hydrogen-bond acceptors (Lipinski definition) is 1. The highest BCUT2D eigenvalue weighted by Gasteiger charge is 1.96. The van der Waals surface area contributed by atoms with Gasteiger partial charge in [0.1, 0.15) is 0 Å². The van der Waals surface area contributed by atoms with E-state index in [2.05, 4.69) is 50.0 Å². The first-order valence-corrected chi connectivity index (χ1v) is 11.1. The molecule has 2 heteroatoms. The molecule has 0 aliphatic carbocycles. The third-order valence-corrected chi connectivity index (χ3v) is 5.18. The first-order chi connectivity index (χ1) is 12.7. The average Bonchev–Trinajstić information content (AvgIpc) is 2.65. The van der Waals surface area contributed by atoms with Crippen LogP contribution in [0.3, 0.4) is 0 Å². The summed E-state index contributed by atoms with van der Waals surface area (Å²) in [4.78, 5) is 0. The Labute approximate surface area is 175 Å². The number of rotatable bonds is 17. The molecular weight excluding hydrogens is 350 g/mol. The summed E-state index contributed by atoms with van der Waals surface area (Å²) in [7, 11) is 0. The molecule has 0 atom stereocenters. The fourth-order valence-electron chi connectivity index (χ4n) is 3.40. The van der Waals surface area contributed by atoms with Gasteiger partial charge in [0.05, 0.1) is 0 Å². The smallest absolute Gasteiger partial charge is 0.0205 e. The largest absolute Gasteiger partial charge is 0.313 e. The van der Waals surface area contributed by atoms with E-state index in [-0.39, 0.29) is 12.4 Å². The summed E-state index contributed by atoms with van der Waals surface area (Å²) in [6.07, 6.45) is 19.0. The van der Waals surface area contributed by atoms with Crippen molar-refractivity contribution in [2.24, 2.45) is 5.92 Å². The molecule has 27 heavy (non-hydrogen) atoms. The van der Waals surface area contributed by atoms with Crippen molar-refractivity contribution in [2.75, 3.05) is 6.54 Å². The fraction of sp³-hybridized carbons (Fsp3) is 0.680. The lowest BCUT2D eigenvalue weighted by molar-refractivity contribution is 0.503. The quantitative estimate of drug-likeness (QED) is 0.263. The Balaban J connectivity index is 0.00000676. The highest BCUT2D eigenvalue weighted by atomic mass is 35.5. The van der Waals surface area contributed by atoms with Crippen LogP contribution in [0.25, 0.3) is 6.08 Å². The lowest BCUT2D eigenvalue weighted by Gasteiger charge is -2.06. The van der Waals surface area contributed by atoms with Crippen LogP contribution < -0.4 is 5.32 Å². The summed E-state index contributed by atoms with van der Waals surface area (Å²) in [6, 6.07) is 8.65. The van der Waals surface area contributed by atoms with Gasteiger partial charge in [-0.1, -0.05) is 121 Å². The van der Waals surface area contributed by atoms with Crippen molar-refractivity contribution in [1.82, 2.24) is 5.32 Å². The zero-order valence-electron chi connectivity index (χ0n) is 18.0. The second-order valence-corrected chi connectivity index (χ2v) is 8.19. The molecule has 0 radical (unpaired) electrons. The van der Waals surface area contributed by atoms with Gasteiger partial charge in [-0.25, -0.2) is 0 Å². The van der Waals surface area contributed by atoms with Gasteiger partial charge in [-0.15, -0.1) is 12.4 Å². The third-order valence-electron chi connectivity index (χ3n) is 5.18. The fourth-order valence-corrected chi connectivity index (χ4v) is 3.40. The second kappa shape index (κ2) is 18.6. The summed E-state index contributed by atoms with van der Waals surface area (Å²) in [6.45, 7) is 10.6. The lowest BCUT2D eigenvalue weighted by atomic mass is 10.0. The molecule has 1 aromatic rings. The highest BCUT2D eigenvalue weighted by Crippen LogP contribution is 2.13. The molecular formula is C25H44ClN. The summed E-state index contributed by atoms with van der Waals surface area (Å²) in [5, 5.41) is 3.56. The van der Waals surface area contributed by atoms with E-state index < -0.39 is 0 Å². The second-order valence-electron chi connectivity index (χ2n) is 8.19. The number of benzene rings is 1. The van der Waals surface area contributed by atoms with Crippen molar-refractivity contribution in [3.05, 3.63) is 42.0 Å². The molecule has 0 unspecified atom stereocenters. The monoisotopic (exact) mass is 393 g/mol. The van der Waals surface area contributed by atoms with Crippen molar-refractivity contribution in [2.45, 2.75) is 97.4 Å².